The first-order valence-electron chi connectivity index (χ1n) is 9.25. The zero-order valence-corrected chi connectivity index (χ0v) is 15.7. The lowest BCUT2D eigenvalue weighted by Crippen LogP contribution is -2.49. The van der Waals surface area contributed by atoms with Crippen LogP contribution in [0.2, 0.25) is 0 Å². The average molecular weight is 321 g/mol. The molecule has 0 N–H and O–H groups in total. The first-order valence-corrected chi connectivity index (χ1v) is 11.2. The van der Waals surface area contributed by atoms with Gasteiger partial charge >= 0.3 is 0 Å². The summed E-state index contributed by atoms with van der Waals surface area (Å²) in [6.07, 6.45) is 10.4. The van der Waals surface area contributed by atoms with Crippen LogP contribution >= 0.6 is 7.92 Å². The highest BCUT2D eigenvalue weighted by atomic mass is 31.1. The number of nitrogens with zero attached hydrogens (tertiary/aromatic N) is 1. The van der Waals surface area contributed by atoms with Gasteiger partial charge in [0.2, 0.25) is 0 Å². The SMILES string of the molecule is CP(CC1=N[C@@H](C(C)(C)C)CO1)C12CC3CC(CC(C3)C1)C2. The van der Waals surface area contributed by atoms with Crippen LogP contribution < -0.4 is 0 Å². The molecule has 0 aromatic carbocycles. The molecule has 4 fully saturated rings. The molecule has 1 aliphatic heterocycles. The molecule has 4 aliphatic carbocycles. The first kappa shape index (κ1) is 15.4. The Balaban J connectivity index is 1.46. The van der Waals surface area contributed by atoms with E-state index in [1.165, 1.54) is 19.3 Å². The maximum absolute atomic E-state index is 5.99. The molecule has 124 valence electrons. The molecule has 3 heteroatoms. The van der Waals surface area contributed by atoms with E-state index in [1.54, 1.807) is 19.3 Å². The lowest BCUT2D eigenvalue weighted by molar-refractivity contribution is 0.0358. The van der Waals surface area contributed by atoms with E-state index in [1.807, 2.05) is 0 Å². The zero-order valence-electron chi connectivity index (χ0n) is 14.8. The number of hydrogen-bond acceptors (Lipinski definition) is 2. The molecule has 1 heterocycles. The van der Waals surface area contributed by atoms with Crippen LogP contribution in [0.15, 0.2) is 4.99 Å². The predicted octanol–water partition coefficient (Wildman–Crippen LogP) is 4.91. The molecule has 0 aromatic rings. The van der Waals surface area contributed by atoms with Crippen LogP contribution in [-0.4, -0.2) is 36.5 Å². The van der Waals surface area contributed by atoms with Gasteiger partial charge < -0.3 is 4.74 Å². The van der Waals surface area contributed by atoms with E-state index in [0.29, 0.717) is 11.2 Å². The Labute approximate surface area is 137 Å². The molecule has 5 aliphatic rings. The molecule has 0 radical (unpaired) electrons. The molecule has 5 rings (SSSR count). The first-order chi connectivity index (χ1) is 10.3. The van der Waals surface area contributed by atoms with Crippen molar-refractivity contribution in [3.05, 3.63) is 0 Å². The normalized spacial score (nSPS) is 44.8. The molecule has 4 saturated carbocycles. The number of rotatable bonds is 3. The van der Waals surface area contributed by atoms with Gasteiger partial charge in [0.15, 0.2) is 5.90 Å². The summed E-state index contributed by atoms with van der Waals surface area (Å²) in [5, 5.41) is 0.690. The summed E-state index contributed by atoms with van der Waals surface area (Å²) in [5.74, 6) is 4.27. The highest BCUT2D eigenvalue weighted by Gasteiger charge is 2.53. The van der Waals surface area contributed by atoms with E-state index in [9.17, 15) is 0 Å². The van der Waals surface area contributed by atoms with Crippen molar-refractivity contribution in [2.24, 2.45) is 28.2 Å². The van der Waals surface area contributed by atoms with E-state index in [2.05, 4.69) is 27.4 Å². The molecule has 4 bridgehead atoms. The van der Waals surface area contributed by atoms with Crippen LogP contribution in [0.4, 0.5) is 0 Å². The second kappa shape index (κ2) is 5.20. The van der Waals surface area contributed by atoms with Gasteiger partial charge in [0, 0.05) is 6.16 Å². The standard InChI is InChI=1S/C19H32NOP/c1-18(2,3)16-11-21-17(20-16)12-22(4)19-8-13-5-14(9-19)7-15(6-13)10-19/h13-16H,5-12H2,1-4H3/t13?,14?,15?,16-,19?,22?/m1/s1. The van der Waals surface area contributed by atoms with Crippen molar-refractivity contribution in [3.63, 3.8) is 0 Å². The van der Waals surface area contributed by atoms with Gasteiger partial charge in [-0.3, -0.25) is 0 Å². The van der Waals surface area contributed by atoms with Crippen molar-refractivity contribution in [1.82, 2.24) is 0 Å². The van der Waals surface area contributed by atoms with E-state index in [-0.39, 0.29) is 13.3 Å². The minimum absolute atomic E-state index is 0.0236. The van der Waals surface area contributed by atoms with E-state index >= 15 is 0 Å². The van der Waals surface area contributed by atoms with Crippen LogP contribution in [0.1, 0.15) is 59.3 Å². The van der Waals surface area contributed by atoms with Crippen LogP contribution in [0.5, 0.6) is 0 Å². The van der Waals surface area contributed by atoms with Crippen LogP contribution in [0.25, 0.3) is 0 Å². The molecule has 2 atom stereocenters. The van der Waals surface area contributed by atoms with Gasteiger partial charge in [0.1, 0.15) is 6.61 Å². The van der Waals surface area contributed by atoms with Gasteiger partial charge in [-0.2, -0.15) is 0 Å². The maximum atomic E-state index is 5.99. The van der Waals surface area contributed by atoms with Crippen LogP contribution in [0.3, 0.4) is 0 Å². The fourth-order valence-electron chi connectivity index (χ4n) is 5.86. The summed E-state index contributed by atoms with van der Waals surface area (Å²) in [4.78, 5) is 4.94. The van der Waals surface area contributed by atoms with Crippen molar-refractivity contribution in [2.45, 2.75) is 70.5 Å². The average Bonchev–Trinajstić information content (AvgIpc) is 2.85. The molecule has 0 amide bonds. The highest BCUT2D eigenvalue weighted by Crippen LogP contribution is 2.67. The largest absolute Gasteiger partial charge is 0.478 e. The van der Waals surface area contributed by atoms with Crippen molar-refractivity contribution in [1.29, 1.82) is 0 Å². The summed E-state index contributed by atoms with van der Waals surface area (Å²) in [6.45, 7) is 10.2. The topological polar surface area (TPSA) is 21.6 Å². The second-order valence-corrected chi connectivity index (χ2v) is 12.4. The minimum atomic E-state index is 0.0236. The quantitative estimate of drug-likeness (QED) is 0.677. The Kier molecular flexibility index (Phi) is 3.65. The van der Waals surface area contributed by atoms with E-state index < -0.39 is 0 Å². The van der Waals surface area contributed by atoms with E-state index in [4.69, 9.17) is 9.73 Å². The highest BCUT2D eigenvalue weighted by molar-refractivity contribution is 7.59. The molecular formula is C19H32NOP. The second-order valence-electron chi connectivity index (χ2n) is 9.71. The Morgan fingerprint density at radius 1 is 1.09 bits per heavy atom. The third-order valence-electron chi connectivity index (χ3n) is 6.90. The summed E-state index contributed by atoms with van der Waals surface area (Å²) in [6, 6.07) is 0.363. The summed E-state index contributed by atoms with van der Waals surface area (Å²) in [7, 11) is 0.0236. The third-order valence-corrected chi connectivity index (χ3v) is 9.81. The Morgan fingerprint density at radius 3 is 2.09 bits per heavy atom. The molecular weight excluding hydrogens is 289 g/mol. The van der Waals surface area contributed by atoms with Gasteiger partial charge in [0.25, 0.3) is 0 Å². The van der Waals surface area contributed by atoms with Crippen LogP contribution in [0, 0.1) is 23.2 Å². The van der Waals surface area contributed by atoms with Gasteiger partial charge in [-0.05, 0) is 73.5 Å². The molecule has 0 spiro atoms. The number of aliphatic imine (C=N–C) groups is 1. The van der Waals surface area contributed by atoms with Gasteiger partial charge in [-0.25, -0.2) is 4.99 Å². The predicted molar refractivity (Wildman–Crippen MR) is 95.2 cm³/mol. The molecule has 0 aromatic heterocycles. The van der Waals surface area contributed by atoms with Crippen molar-refractivity contribution in [3.8, 4) is 0 Å². The number of hydrogen-bond donors (Lipinski definition) is 0. The Bertz CT molecular complexity index is 443. The van der Waals surface area contributed by atoms with Crippen LogP contribution in [-0.2, 0) is 4.74 Å². The molecule has 0 saturated heterocycles. The fourth-order valence-corrected chi connectivity index (χ4v) is 8.48. The Hall–Kier alpha value is -0.100. The summed E-state index contributed by atoms with van der Waals surface area (Å²) < 4.78 is 5.99. The minimum Gasteiger partial charge on any atom is -0.478 e. The maximum Gasteiger partial charge on any atom is 0.188 e. The summed E-state index contributed by atoms with van der Waals surface area (Å²) >= 11 is 0. The van der Waals surface area contributed by atoms with Gasteiger partial charge in [0.05, 0.1) is 6.04 Å². The van der Waals surface area contributed by atoms with E-state index in [0.717, 1.165) is 36.4 Å². The van der Waals surface area contributed by atoms with Crippen molar-refractivity contribution >= 4 is 13.8 Å². The smallest absolute Gasteiger partial charge is 0.188 e. The monoisotopic (exact) mass is 321 g/mol. The Morgan fingerprint density at radius 2 is 1.64 bits per heavy atom. The number of ether oxygens (including phenoxy) is 1. The van der Waals surface area contributed by atoms with Gasteiger partial charge in [-0.1, -0.05) is 28.7 Å². The molecule has 1 unspecified atom stereocenters. The molecule has 22 heavy (non-hydrogen) atoms. The molecule has 2 nitrogen and oxygen atoms in total. The van der Waals surface area contributed by atoms with Crippen molar-refractivity contribution in [2.75, 3.05) is 19.4 Å². The fraction of sp³-hybridized carbons (Fsp3) is 0.947. The van der Waals surface area contributed by atoms with Gasteiger partial charge in [-0.15, -0.1) is 0 Å². The lowest BCUT2D eigenvalue weighted by atomic mass is 9.56. The summed E-state index contributed by atoms with van der Waals surface area (Å²) in [5.41, 5.74) is 0.235. The van der Waals surface area contributed by atoms with Crippen molar-refractivity contribution < 1.29 is 4.74 Å². The zero-order chi connectivity index (χ0) is 15.5. The lowest BCUT2D eigenvalue weighted by Gasteiger charge is -2.59. The third kappa shape index (κ3) is 2.64.